The second-order valence-electron chi connectivity index (χ2n) is 6.60. The standard InChI is InChI=1S/C21H25N5O/c1-16-7-8-18(17(2)13-16)5-3-10-24-21(27)25-14-19-6-4-9-23-20(19)26-12-11-22-15-26/h4,6-9,11-13,15H,3,5,10,14H2,1-2H3,(H2,24,25,27). The van der Waals surface area contributed by atoms with Crippen LogP contribution in [0.2, 0.25) is 0 Å². The number of carbonyl (C=O) groups excluding carboxylic acids is 1. The van der Waals surface area contributed by atoms with Crippen LogP contribution in [0.3, 0.4) is 0 Å². The van der Waals surface area contributed by atoms with Crippen molar-refractivity contribution >= 4 is 6.03 Å². The van der Waals surface area contributed by atoms with E-state index in [4.69, 9.17) is 0 Å². The van der Waals surface area contributed by atoms with Crippen molar-refractivity contribution in [1.29, 1.82) is 0 Å². The van der Waals surface area contributed by atoms with Crippen LogP contribution in [0.15, 0.2) is 55.2 Å². The normalized spacial score (nSPS) is 10.6. The Balaban J connectivity index is 1.44. The van der Waals surface area contributed by atoms with Crippen molar-refractivity contribution in [1.82, 2.24) is 25.2 Å². The topological polar surface area (TPSA) is 71.8 Å². The van der Waals surface area contributed by atoms with Crippen LogP contribution in [0.4, 0.5) is 4.79 Å². The number of pyridine rings is 1. The number of hydrogen-bond acceptors (Lipinski definition) is 3. The van der Waals surface area contributed by atoms with Crippen LogP contribution >= 0.6 is 0 Å². The van der Waals surface area contributed by atoms with Crippen molar-refractivity contribution in [3.05, 3.63) is 77.5 Å². The molecule has 0 aliphatic rings. The smallest absolute Gasteiger partial charge is 0.315 e. The van der Waals surface area contributed by atoms with Gasteiger partial charge < -0.3 is 10.6 Å². The van der Waals surface area contributed by atoms with Gasteiger partial charge in [-0.05, 0) is 43.9 Å². The fraction of sp³-hybridized carbons (Fsp3) is 0.286. The van der Waals surface area contributed by atoms with E-state index < -0.39 is 0 Å². The van der Waals surface area contributed by atoms with Crippen molar-refractivity contribution < 1.29 is 4.79 Å². The molecule has 0 saturated carbocycles. The van der Waals surface area contributed by atoms with Gasteiger partial charge in [-0.2, -0.15) is 0 Å². The molecule has 3 aromatic rings. The Kier molecular flexibility index (Phi) is 6.20. The van der Waals surface area contributed by atoms with Crippen molar-refractivity contribution in [2.24, 2.45) is 0 Å². The summed E-state index contributed by atoms with van der Waals surface area (Å²) in [5, 5.41) is 5.81. The molecular weight excluding hydrogens is 338 g/mol. The van der Waals surface area contributed by atoms with Crippen LogP contribution in [-0.4, -0.2) is 27.1 Å². The van der Waals surface area contributed by atoms with E-state index in [1.807, 2.05) is 22.9 Å². The maximum atomic E-state index is 12.1. The first-order valence-electron chi connectivity index (χ1n) is 9.13. The second-order valence-corrected chi connectivity index (χ2v) is 6.60. The van der Waals surface area contributed by atoms with Gasteiger partial charge in [-0.15, -0.1) is 0 Å². The van der Waals surface area contributed by atoms with Crippen LogP contribution in [0, 0.1) is 13.8 Å². The Hall–Kier alpha value is -3.15. The number of rotatable bonds is 7. The van der Waals surface area contributed by atoms with Gasteiger partial charge in [0, 0.05) is 37.2 Å². The molecule has 0 fully saturated rings. The number of nitrogens with one attached hydrogen (secondary N) is 2. The van der Waals surface area contributed by atoms with Gasteiger partial charge in [0.05, 0.1) is 0 Å². The lowest BCUT2D eigenvalue weighted by molar-refractivity contribution is 0.240. The van der Waals surface area contributed by atoms with Gasteiger partial charge in [-0.3, -0.25) is 4.57 Å². The summed E-state index contributed by atoms with van der Waals surface area (Å²) in [6.45, 7) is 5.28. The van der Waals surface area contributed by atoms with E-state index in [1.54, 1.807) is 18.7 Å². The number of aromatic nitrogens is 3. The zero-order valence-electron chi connectivity index (χ0n) is 15.8. The van der Waals surface area contributed by atoms with Gasteiger partial charge in [0.1, 0.15) is 12.1 Å². The molecule has 2 N–H and O–H groups in total. The highest BCUT2D eigenvalue weighted by atomic mass is 16.2. The summed E-state index contributed by atoms with van der Waals surface area (Å²) < 4.78 is 1.83. The first kappa shape index (κ1) is 18.6. The summed E-state index contributed by atoms with van der Waals surface area (Å²) >= 11 is 0. The molecular formula is C21H25N5O. The monoisotopic (exact) mass is 363 g/mol. The van der Waals surface area contributed by atoms with E-state index in [0.717, 1.165) is 24.2 Å². The minimum absolute atomic E-state index is 0.170. The lowest BCUT2D eigenvalue weighted by Crippen LogP contribution is -2.36. The molecule has 0 spiro atoms. The molecule has 0 unspecified atom stereocenters. The van der Waals surface area contributed by atoms with Crippen molar-refractivity contribution in [2.45, 2.75) is 33.2 Å². The Bertz CT molecular complexity index is 889. The SMILES string of the molecule is Cc1ccc(CCCNC(=O)NCc2cccnc2-n2ccnc2)c(C)c1. The van der Waals surface area contributed by atoms with Crippen LogP contribution in [-0.2, 0) is 13.0 Å². The summed E-state index contributed by atoms with van der Waals surface area (Å²) in [7, 11) is 0. The molecule has 0 aliphatic heterocycles. The molecule has 2 heterocycles. The third-order valence-corrected chi connectivity index (χ3v) is 4.46. The van der Waals surface area contributed by atoms with Crippen LogP contribution in [0.5, 0.6) is 0 Å². The summed E-state index contributed by atoms with van der Waals surface area (Å²) in [6.07, 6.45) is 8.82. The summed E-state index contributed by atoms with van der Waals surface area (Å²) in [5.74, 6) is 0.769. The summed E-state index contributed by atoms with van der Waals surface area (Å²) in [4.78, 5) is 20.5. The van der Waals surface area contributed by atoms with E-state index in [1.165, 1.54) is 16.7 Å². The number of carbonyl (C=O) groups is 1. The number of urea groups is 1. The molecule has 1 aromatic carbocycles. The predicted octanol–water partition coefficient (Wildman–Crippen LogP) is 3.32. The number of amides is 2. The maximum Gasteiger partial charge on any atom is 0.315 e. The maximum absolute atomic E-state index is 12.1. The Morgan fingerprint density at radius 1 is 1.11 bits per heavy atom. The van der Waals surface area contributed by atoms with Gasteiger partial charge >= 0.3 is 6.03 Å². The molecule has 3 rings (SSSR count). The zero-order valence-corrected chi connectivity index (χ0v) is 15.8. The Labute approximate surface area is 159 Å². The third-order valence-electron chi connectivity index (χ3n) is 4.46. The summed E-state index contributed by atoms with van der Waals surface area (Å²) in [6, 6.07) is 10.1. The molecule has 0 aliphatic carbocycles. The molecule has 0 radical (unpaired) electrons. The lowest BCUT2D eigenvalue weighted by Gasteiger charge is -2.11. The van der Waals surface area contributed by atoms with Gasteiger partial charge in [0.15, 0.2) is 0 Å². The number of nitrogens with zero attached hydrogens (tertiary/aromatic N) is 3. The first-order chi connectivity index (χ1) is 13.1. The molecule has 6 nitrogen and oxygen atoms in total. The molecule has 0 atom stereocenters. The third kappa shape index (κ3) is 5.17. The van der Waals surface area contributed by atoms with Crippen LogP contribution in [0.25, 0.3) is 5.82 Å². The minimum atomic E-state index is -0.170. The number of hydrogen-bond donors (Lipinski definition) is 2. The van der Waals surface area contributed by atoms with Gasteiger partial charge in [0.2, 0.25) is 0 Å². The van der Waals surface area contributed by atoms with Crippen molar-refractivity contribution in [3.63, 3.8) is 0 Å². The van der Waals surface area contributed by atoms with Gasteiger partial charge in [0.25, 0.3) is 0 Å². The van der Waals surface area contributed by atoms with E-state index in [-0.39, 0.29) is 6.03 Å². The molecule has 27 heavy (non-hydrogen) atoms. The molecule has 2 aromatic heterocycles. The lowest BCUT2D eigenvalue weighted by atomic mass is 10.0. The van der Waals surface area contributed by atoms with Crippen molar-refractivity contribution in [3.8, 4) is 5.82 Å². The highest BCUT2D eigenvalue weighted by Gasteiger charge is 2.07. The molecule has 6 heteroatoms. The van der Waals surface area contributed by atoms with E-state index >= 15 is 0 Å². The van der Waals surface area contributed by atoms with E-state index in [2.05, 4.69) is 52.6 Å². The average molecular weight is 363 g/mol. The summed E-state index contributed by atoms with van der Waals surface area (Å²) in [5.41, 5.74) is 4.85. The quantitative estimate of drug-likeness (QED) is 0.633. The largest absolute Gasteiger partial charge is 0.338 e. The second kappa shape index (κ2) is 8.98. The van der Waals surface area contributed by atoms with Gasteiger partial charge in [-0.1, -0.05) is 29.8 Å². The highest BCUT2D eigenvalue weighted by Crippen LogP contribution is 2.12. The molecule has 140 valence electrons. The molecule has 0 saturated heterocycles. The number of benzene rings is 1. The number of aryl methyl sites for hydroxylation is 3. The van der Waals surface area contributed by atoms with Gasteiger partial charge in [-0.25, -0.2) is 14.8 Å². The Morgan fingerprint density at radius 2 is 2.00 bits per heavy atom. The van der Waals surface area contributed by atoms with Crippen LogP contribution in [0.1, 0.15) is 28.7 Å². The van der Waals surface area contributed by atoms with Crippen molar-refractivity contribution in [2.75, 3.05) is 6.54 Å². The van der Waals surface area contributed by atoms with Crippen LogP contribution < -0.4 is 10.6 Å². The molecule has 2 amide bonds. The average Bonchev–Trinajstić information content (AvgIpc) is 3.20. The van der Waals surface area contributed by atoms with E-state index in [9.17, 15) is 4.79 Å². The van der Waals surface area contributed by atoms with E-state index in [0.29, 0.717) is 13.1 Å². The highest BCUT2D eigenvalue weighted by molar-refractivity contribution is 5.73. The number of imidazole rings is 1. The minimum Gasteiger partial charge on any atom is -0.338 e. The predicted molar refractivity (Wildman–Crippen MR) is 106 cm³/mol. The Morgan fingerprint density at radius 3 is 2.78 bits per heavy atom. The fourth-order valence-electron chi connectivity index (χ4n) is 3.03. The fourth-order valence-corrected chi connectivity index (χ4v) is 3.03. The molecule has 0 bridgehead atoms. The first-order valence-corrected chi connectivity index (χ1v) is 9.13. The zero-order chi connectivity index (χ0) is 19.1.